The predicted octanol–water partition coefficient (Wildman–Crippen LogP) is 3.55. The quantitative estimate of drug-likeness (QED) is 0.720. The first-order valence-electron chi connectivity index (χ1n) is 7.62. The van der Waals surface area contributed by atoms with Crippen molar-refractivity contribution in [2.45, 2.75) is 6.42 Å². The Labute approximate surface area is 156 Å². The summed E-state index contributed by atoms with van der Waals surface area (Å²) in [6, 6.07) is 12.2. The summed E-state index contributed by atoms with van der Waals surface area (Å²) < 4.78 is 4.66. The average molecular weight is 381 g/mol. The normalized spacial score (nSPS) is 10.2. The minimum absolute atomic E-state index is 0.0416. The standard InChI is InChI=1S/C18H18Cl2N2O3/c1-25-18(24)13-5-6-15(20)16(10-13)22-11-17(23)21-8-7-12-3-2-4-14(19)9-12/h2-6,9-10,22H,7-8,11H2,1H3,(H,21,23). The highest BCUT2D eigenvalue weighted by molar-refractivity contribution is 6.33. The van der Waals surface area contributed by atoms with E-state index in [2.05, 4.69) is 15.4 Å². The first kappa shape index (κ1) is 19.1. The van der Waals surface area contributed by atoms with Gasteiger partial charge in [0.25, 0.3) is 0 Å². The van der Waals surface area contributed by atoms with Crippen LogP contribution >= 0.6 is 23.2 Å². The molecule has 2 aromatic carbocycles. The lowest BCUT2D eigenvalue weighted by atomic mass is 10.1. The zero-order chi connectivity index (χ0) is 18.2. The third kappa shape index (κ3) is 5.96. The van der Waals surface area contributed by atoms with Gasteiger partial charge < -0.3 is 15.4 Å². The second-order valence-electron chi connectivity index (χ2n) is 5.27. The summed E-state index contributed by atoms with van der Waals surface area (Å²) >= 11 is 12.0. The highest BCUT2D eigenvalue weighted by Gasteiger charge is 2.10. The number of anilines is 1. The van der Waals surface area contributed by atoms with Crippen LogP contribution in [0.25, 0.3) is 0 Å². The van der Waals surface area contributed by atoms with Gasteiger partial charge in [-0.05, 0) is 42.3 Å². The molecule has 0 spiro atoms. The van der Waals surface area contributed by atoms with Gasteiger partial charge in [0, 0.05) is 11.6 Å². The van der Waals surface area contributed by atoms with Crippen molar-refractivity contribution in [2.75, 3.05) is 25.5 Å². The number of amides is 1. The fraction of sp³-hybridized carbons (Fsp3) is 0.222. The van der Waals surface area contributed by atoms with Gasteiger partial charge in [-0.2, -0.15) is 0 Å². The number of carbonyl (C=O) groups is 2. The Balaban J connectivity index is 1.82. The van der Waals surface area contributed by atoms with Crippen LogP contribution in [0.2, 0.25) is 10.0 Å². The Morgan fingerprint density at radius 1 is 1.12 bits per heavy atom. The lowest BCUT2D eigenvalue weighted by Gasteiger charge is -2.10. The molecule has 5 nitrogen and oxygen atoms in total. The Kier molecular flexibility index (Phi) is 7.10. The van der Waals surface area contributed by atoms with Crippen LogP contribution in [-0.4, -0.2) is 32.1 Å². The highest BCUT2D eigenvalue weighted by atomic mass is 35.5. The number of rotatable bonds is 7. The van der Waals surface area contributed by atoms with E-state index in [1.165, 1.54) is 7.11 Å². The van der Waals surface area contributed by atoms with Gasteiger partial charge in [0.15, 0.2) is 0 Å². The molecule has 0 saturated carbocycles. The summed E-state index contributed by atoms with van der Waals surface area (Å²) in [6.07, 6.45) is 0.685. The Hall–Kier alpha value is -2.24. The molecule has 0 aliphatic carbocycles. The SMILES string of the molecule is COC(=O)c1ccc(Cl)c(NCC(=O)NCCc2cccc(Cl)c2)c1. The number of carbonyl (C=O) groups excluding carboxylic acids is 2. The lowest BCUT2D eigenvalue weighted by Crippen LogP contribution is -2.31. The van der Waals surface area contributed by atoms with E-state index in [9.17, 15) is 9.59 Å². The molecule has 0 aliphatic rings. The van der Waals surface area contributed by atoms with Crippen LogP contribution in [0.5, 0.6) is 0 Å². The number of benzene rings is 2. The first-order valence-corrected chi connectivity index (χ1v) is 8.38. The van der Waals surface area contributed by atoms with Crippen molar-refractivity contribution in [3.63, 3.8) is 0 Å². The van der Waals surface area contributed by atoms with E-state index < -0.39 is 5.97 Å². The predicted molar refractivity (Wildman–Crippen MR) is 99.4 cm³/mol. The minimum atomic E-state index is -0.467. The molecule has 1 amide bonds. The van der Waals surface area contributed by atoms with Crippen molar-refractivity contribution in [1.29, 1.82) is 0 Å². The van der Waals surface area contributed by atoms with Gasteiger partial charge in [-0.3, -0.25) is 4.79 Å². The van der Waals surface area contributed by atoms with E-state index in [0.29, 0.717) is 34.3 Å². The van der Waals surface area contributed by atoms with Crippen molar-refractivity contribution in [2.24, 2.45) is 0 Å². The van der Waals surface area contributed by atoms with Gasteiger partial charge in [-0.15, -0.1) is 0 Å². The fourth-order valence-corrected chi connectivity index (χ4v) is 2.58. The number of esters is 1. The summed E-state index contributed by atoms with van der Waals surface area (Å²) in [5.74, 6) is -0.646. The Bertz CT molecular complexity index is 766. The molecule has 0 bridgehead atoms. The molecule has 7 heteroatoms. The molecule has 0 atom stereocenters. The van der Waals surface area contributed by atoms with E-state index in [1.54, 1.807) is 24.3 Å². The number of halogens is 2. The second kappa shape index (κ2) is 9.30. The minimum Gasteiger partial charge on any atom is -0.465 e. The number of nitrogens with one attached hydrogen (secondary N) is 2. The molecule has 132 valence electrons. The molecule has 0 unspecified atom stereocenters. The summed E-state index contributed by atoms with van der Waals surface area (Å²) in [7, 11) is 1.30. The molecule has 0 saturated heterocycles. The molecule has 2 N–H and O–H groups in total. The van der Waals surface area contributed by atoms with Crippen LogP contribution in [0.1, 0.15) is 15.9 Å². The lowest BCUT2D eigenvalue weighted by molar-refractivity contribution is -0.119. The number of hydrogen-bond donors (Lipinski definition) is 2. The van der Waals surface area contributed by atoms with Crippen LogP contribution in [0.4, 0.5) is 5.69 Å². The van der Waals surface area contributed by atoms with Crippen LogP contribution in [0, 0.1) is 0 Å². The number of methoxy groups -OCH3 is 1. The molecular formula is C18H18Cl2N2O3. The van der Waals surface area contributed by atoms with Gasteiger partial charge in [-0.25, -0.2) is 4.79 Å². The number of hydrogen-bond acceptors (Lipinski definition) is 4. The first-order chi connectivity index (χ1) is 12.0. The molecule has 0 aromatic heterocycles. The zero-order valence-corrected chi connectivity index (χ0v) is 15.2. The van der Waals surface area contributed by atoms with Crippen molar-refractivity contribution in [3.05, 3.63) is 63.6 Å². The third-order valence-electron chi connectivity index (χ3n) is 3.45. The molecular weight excluding hydrogens is 363 g/mol. The molecule has 25 heavy (non-hydrogen) atoms. The van der Waals surface area contributed by atoms with Gasteiger partial charge >= 0.3 is 5.97 Å². The summed E-state index contributed by atoms with van der Waals surface area (Å²) in [6.45, 7) is 0.538. The molecule has 0 fully saturated rings. The van der Waals surface area contributed by atoms with Gasteiger partial charge in [-0.1, -0.05) is 35.3 Å². The Morgan fingerprint density at radius 2 is 1.92 bits per heavy atom. The van der Waals surface area contributed by atoms with Crippen molar-refractivity contribution in [3.8, 4) is 0 Å². The highest BCUT2D eigenvalue weighted by Crippen LogP contribution is 2.23. The summed E-state index contributed by atoms with van der Waals surface area (Å²) in [5.41, 5.74) is 1.90. The van der Waals surface area contributed by atoms with Crippen molar-refractivity contribution >= 4 is 40.8 Å². The van der Waals surface area contributed by atoms with E-state index >= 15 is 0 Å². The number of ether oxygens (including phenoxy) is 1. The molecule has 0 heterocycles. The summed E-state index contributed by atoms with van der Waals surface area (Å²) in [5, 5.41) is 6.81. The van der Waals surface area contributed by atoms with Gasteiger partial charge in [0.05, 0.1) is 29.9 Å². The van der Waals surface area contributed by atoms with Crippen LogP contribution in [-0.2, 0) is 16.0 Å². The second-order valence-corrected chi connectivity index (χ2v) is 6.11. The topological polar surface area (TPSA) is 67.4 Å². The maximum absolute atomic E-state index is 11.9. The van der Waals surface area contributed by atoms with Gasteiger partial charge in [0.2, 0.25) is 5.91 Å². The third-order valence-corrected chi connectivity index (χ3v) is 4.02. The molecule has 2 aromatic rings. The maximum Gasteiger partial charge on any atom is 0.337 e. The van der Waals surface area contributed by atoms with E-state index in [1.807, 2.05) is 18.2 Å². The van der Waals surface area contributed by atoms with Crippen LogP contribution in [0.15, 0.2) is 42.5 Å². The van der Waals surface area contributed by atoms with Crippen LogP contribution in [0.3, 0.4) is 0 Å². The molecule has 0 aliphatic heterocycles. The van der Waals surface area contributed by atoms with Crippen LogP contribution < -0.4 is 10.6 Å². The van der Waals surface area contributed by atoms with Crippen molar-refractivity contribution in [1.82, 2.24) is 5.32 Å². The van der Waals surface area contributed by atoms with Gasteiger partial charge in [0.1, 0.15) is 0 Å². The van der Waals surface area contributed by atoms with E-state index in [4.69, 9.17) is 23.2 Å². The van der Waals surface area contributed by atoms with Crippen molar-refractivity contribution < 1.29 is 14.3 Å². The Morgan fingerprint density at radius 3 is 2.64 bits per heavy atom. The molecule has 0 radical (unpaired) electrons. The smallest absolute Gasteiger partial charge is 0.337 e. The van der Waals surface area contributed by atoms with E-state index in [0.717, 1.165) is 5.56 Å². The monoisotopic (exact) mass is 380 g/mol. The maximum atomic E-state index is 11.9. The van der Waals surface area contributed by atoms with E-state index in [-0.39, 0.29) is 12.5 Å². The zero-order valence-electron chi connectivity index (χ0n) is 13.6. The largest absolute Gasteiger partial charge is 0.465 e. The molecule has 2 rings (SSSR count). The fourth-order valence-electron chi connectivity index (χ4n) is 2.18. The summed E-state index contributed by atoms with van der Waals surface area (Å²) in [4.78, 5) is 23.5. The average Bonchev–Trinajstić information content (AvgIpc) is 2.60.